The van der Waals surface area contributed by atoms with Gasteiger partial charge in [-0.2, -0.15) is 0 Å². The van der Waals surface area contributed by atoms with Crippen LogP contribution < -0.4 is 4.90 Å². The molecule has 0 radical (unpaired) electrons. The second-order valence-corrected chi connectivity index (χ2v) is 2.70. The van der Waals surface area contributed by atoms with Crippen LogP contribution in [0.25, 0.3) is 0 Å². The van der Waals surface area contributed by atoms with Crippen molar-refractivity contribution in [3.63, 3.8) is 0 Å². The van der Waals surface area contributed by atoms with Crippen molar-refractivity contribution in [2.45, 2.75) is 6.92 Å². The van der Waals surface area contributed by atoms with Gasteiger partial charge in [-0.25, -0.2) is 9.97 Å². The Bertz CT molecular complexity index is 215. The fourth-order valence-corrected chi connectivity index (χ4v) is 1.16. The quantitative estimate of drug-likeness (QED) is 0.667. The molecule has 0 unspecified atom stereocenters. The maximum Gasteiger partial charge on any atom is 0.225 e. The first-order valence-corrected chi connectivity index (χ1v) is 4.50. The van der Waals surface area contributed by atoms with Crippen molar-refractivity contribution in [2.75, 3.05) is 23.9 Å². The van der Waals surface area contributed by atoms with Gasteiger partial charge in [-0.3, -0.25) is 0 Å². The zero-order valence-corrected chi connectivity index (χ0v) is 7.83. The minimum Gasteiger partial charge on any atom is -0.340 e. The lowest BCUT2D eigenvalue weighted by Crippen LogP contribution is -2.26. The minimum absolute atomic E-state index is 0.603. The molecule has 4 heteroatoms. The molecule has 0 spiro atoms. The van der Waals surface area contributed by atoms with Crippen LogP contribution in [0, 0.1) is 0 Å². The van der Waals surface area contributed by atoms with E-state index in [1.807, 2.05) is 4.90 Å². The molecular weight excluding hydrogens is 174 g/mol. The summed E-state index contributed by atoms with van der Waals surface area (Å²) in [7, 11) is 0. The first-order valence-electron chi connectivity index (χ1n) is 3.96. The summed E-state index contributed by atoms with van der Waals surface area (Å²) in [6.07, 6.45) is 3.47. The summed E-state index contributed by atoms with van der Waals surface area (Å²) in [4.78, 5) is 10.3. The molecule has 0 fully saturated rings. The van der Waals surface area contributed by atoms with Gasteiger partial charge in [0.2, 0.25) is 5.95 Å². The highest BCUT2D eigenvalue weighted by molar-refractivity contribution is 6.18. The van der Waals surface area contributed by atoms with Crippen LogP contribution >= 0.6 is 11.6 Å². The number of hydrogen-bond acceptors (Lipinski definition) is 3. The molecule has 3 nitrogen and oxygen atoms in total. The summed E-state index contributed by atoms with van der Waals surface area (Å²) >= 11 is 5.63. The Kier molecular flexibility index (Phi) is 3.80. The first-order chi connectivity index (χ1) is 5.88. The van der Waals surface area contributed by atoms with E-state index in [1.54, 1.807) is 18.5 Å². The Labute approximate surface area is 77.4 Å². The van der Waals surface area contributed by atoms with Gasteiger partial charge >= 0.3 is 0 Å². The molecule has 1 aromatic heterocycles. The third-order valence-corrected chi connectivity index (χ3v) is 1.74. The van der Waals surface area contributed by atoms with Gasteiger partial charge in [0.15, 0.2) is 0 Å². The number of halogens is 1. The van der Waals surface area contributed by atoms with Crippen LogP contribution in [0.1, 0.15) is 6.92 Å². The van der Waals surface area contributed by atoms with Gasteiger partial charge in [-0.05, 0) is 13.0 Å². The highest BCUT2D eigenvalue weighted by atomic mass is 35.5. The molecule has 0 aliphatic carbocycles. The van der Waals surface area contributed by atoms with Crippen molar-refractivity contribution in [1.82, 2.24) is 9.97 Å². The van der Waals surface area contributed by atoms with Crippen molar-refractivity contribution in [3.8, 4) is 0 Å². The van der Waals surface area contributed by atoms with Crippen LogP contribution in [0.5, 0.6) is 0 Å². The van der Waals surface area contributed by atoms with Gasteiger partial charge in [0.1, 0.15) is 0 Å². The number of alkyl halides is 1. The molecular formula is C8H12ClN3. The van der Waals surface area contributed by atoms with Crippen LogP contribution in [0.2, 0.25) is 0 Å². The molecule has 0 amide bonds. The predicted molar refractivity (Wildman–Crippen MR) is 50.6 cm³/mol. The van der Waals surface area contributed by atoms with Crippen LogP contribution in [0.15, 0.2) is 18.5 Å². The van der Waals surface area contributed by atoms with E-state index < -0.39 is 0 Å². The molecule has 1 heterocycles. The van der Waals surface area contributed by atoms with E-state index in [4.69, 9.17) is 11.6 Å². The molecule has 0 atom stereocenters. The van der Waals surface area contributed by atoms with Crippen LogP contribution in [-0.4, -0.2) is 28.9 Å². The SMILES string of the molecule is CCN(CCCl)c1ncccn1. The monoisotopic (exact) mass is 185 g/mol. The highest BCUT2D eigenvalue weighted by Gasteiger charge is 2.03. The second kappa shape index (κ2) is 4.93. The lowest BCUT2D eigenvalue weighted by Gasteiger charge is -2.18. The zero-order chi connectivity index (χ0) is 8.81. The number of rotatable bonds is 4. The van der Waals surface area contributed by atoms with E-state index in [2.05, 4.69) is 16.9 Å². The molecule has 0 aliphatic heterocycles. The fourth-order valence-electron chi connectivity index (χ4n) is 0.956. The zero-order valence-electron chi connectivity index (χ0n) is 7.07. The Balaban J connectivity index is 2.66. The lowest BCUT2D eigenvalue weighted by atomic mass is 10.5. The average Bonchev–Trinajstić information content (AvgIpc) is 2.15. The molecule has 0 aliphatic rings. The van der Waals surface area contributed by atoms with Gasteiger partial charge in [-0.1, -0.05) is 0 Å². The highest BCUT2D eigenvalue weighted by Crippen LogP contribution is 2.03. The van der Waals surface area contributed by atoms with E-state index in [-0.39, 0.29) is 0 Å². The molecule has 0 bridgehead atoms. The molecule has 0 saturated heterocycles. The third-order valence-electron chi connectivity index (χ3n) is 1.57. The van der Waals surface area contributed by atoms with Gasteiger partial charge in [0.25, 0.3) is 0 Å². The summed E-state index contributed by atoms with van der Waals surface area (Å²) in [5.41, 5.74) is 0. The molecule has 0 saturated carbocycles. The summed E-state index contributed by atoms with van der Waals surface area (Å²) in [6, 6.07) is 1.80. The van der Waals surface area contributed by atoms with Crippen molar-refractivity contribution >= 4 is 17.5 Å². The fraction of sp³-hybridized carbons (Fsp3) is 0.500. The predicted octanol–water partition coefficient (Wildman–Crippen LogP) is 1.54. The van der Waals surface area contributed by atoms with Crippen molar-refractivity contribution in [2.24, 2.45) is 0 Å². The molecule has 66 valence electrons. The Morgan fingerprint density at radius 3 is 2.58 bits per heavy atom. The topological polar surface area (TPSA) is 29.0 Å². The van der Waals surface area contributed by atoms with Crippen molar-refractivity contribution in [1.29, 1.82) is 0 Å². The average molecular weight is 186 g/mol. The van der Waals surface area contributed by atoms with Gasteiger partial charge in [0.05, 0.1) is 0 Å². The standard InChI is InChI=1S/C8H12ClN3/c1-2-12(7-4-9)8-10-5-3-6-11-8/h3,5-6H,2,4,7H2,1H3. The van der Waals surface area contributed by atoms with Crippen LogP contribution in [-0.2, 0) is 0 Å². The minimum atomic E-state index is 0.603. The molecule has 1 rings (SSSR count). The Hall–Kier alpha value is -0.830. The summed E-state index contributed by atoms with van der Waals surface area (Å²) in [6.45, 7) is 3.74. The molecule has 1 aromatic rings. The number of nitrogens with zero attached hydrogens (tertiary/aromatic N) is 3. The maximum absolute atomic E-state index is 5.63. The van der Waals surface area contributed by atoms with Crippen LogP contribution in [0.4, 0.5) is 5.95 Å². The summed E-state index contributed by atoms with van der Waals surface area (Å²) < 4.78 is 0. The van der Waals surface area contributed by atoms with Crippen molar-refractivity contribution in [3.05, 3.63) is 18.5 Å². The van der Waals surface area contributed by atoms with E-state index in [0.717, 1.165) is 19.0 Å². The number of anilines is 1. The lowest BCUT2D eigenvalue weighted by molar-refractivity contribution is 0.824. The van der Waals surface area contributed by atoms with Crippen molar-refractivity contribution < 1.29 is 0 Å². The largest absolute Gasteiger partial charge is 0.340 e. The molecule has 12 heavy (non-hydrogen) atoms. The van der Waals surface area contributed by atoms with E-state index in [0.29, 0.717) is 5.88 Å². The number of hydrogen-bond donors (Lipinski definition) is 0. The van der Waals surface area contributed by atoms with E-state index in [9.17, 15) is 0 Å². The van der Waals surface area contributed by atoms with Gasteiger partial charge in [0, 0.05) is 31.4 Å². The normalized spacial score (nSPS) is 9.83. The van der Waals surface area contributed by atoms with E-state index >= 15 is 0 Å². The summed E-state index contributed by atoms with van der Waals surface area (Å²) in [5.74, 6) is 1.35. The number of aromatic nitrogens is 2. The Morgan fingerprint density at radius 2 is 2.08 bits per heavy atom. The molecule has 0 N–H and O–H groups in total. The third kappa shape index (κ3) is 2.34. The van der Waals surface area contributed by atoms with Gasteiger partial charge < -0.3 is 4.90 Å². The first kappa shape index (κ1) is 9.26. The second-order valence-electron chi connectivity index (χ2n) is 2.32. The van der Waals surface area contributed by atoms with E-state index in [1.165, 1.54) is 0 Å². The smallest absolute Gasteiger partial charge is 0.225 e. The van der Waals surface area contributed by atoms with Gasteiger partial charge in [-0.15, -0.1) is 11.6 Å². The van der Waals surface area contributed by atoms with Crippen LogP contribution in [0.3, 0.4) is 0 Å². The molecule has 0 aromatic carbocycles. The maximum atomic E-state index is 5.63. The Morgan fingerprint density at radius 1 is 1.42 bits per heavy atom. The summed E-state index contributed by atoms with van der Waals surface area (Å²) in [5, 5.41) is 0.